The second kappa shape index (κ2) is 8.03. The molecule has 5 rings (SSSR count). The minimum absolute atomic E-state index is 0.0185. The van der Waals surface area contributed by atoms with Gasteiger partial charge in [-0.05, 0) is 61.6 Å². The SMILES string of the molecule is C=CC(=O)CC1(C(=O)NCCCc2cc3c(-c4cnn5ncccc45)ccnc3[nH]2)CC1. The molecule has 0 bridgehead atoms. The summed E-state index contributed by atoms with van der Waals surface area (Å²) in [4.78, 5) is 32.0. The molecule has 1 amide bonds. The topological polar surface area (TPSA) is 105 Å². The van der Waals surface area contributed by atoms with Gasteiger partial charge >= 0.3 is 0 Å². The van der Waals surface area contributed by atoms with Crippen LogP contribution in [-0.4, -0.2) is 43.0 Å². The van der Waals surface area contributed by atoms with Gasteiger partial charge in [0.25, 0.3) is 0 Å². The fourth-order valence-electron chi connectivity index (χ4n) is 4.20. The summed E-state index contributed by atoms with van der Waals surface area (Å²) in [6, 6.07) is 8.00. The van der Waals surface area contributed by atoms with Gasteiger partial charge in [-0.3, -0.25) is 9.59 Å². The van der Waals surface area contributed by atoms with Gasteiger partial charge in [-0.15, -0.1) is 0 Å². The molecule has 0 saturated heterocycles. The lowest BCUT2D eigenvalue weighted by Crippen LogP contribution is -2.34. The van der Waals surface area contributed by atoms with Crippen LogP contribution in [0.25, 0.3) is 27.7 Å². The van der Waals surface area contributed by atoms with Crippen molar-refractivity contribution in [2.75, 3.05) is 6.54 Å². The highest BCUT2D eigenvalue weighted by Crippen LogP contribution is 2.49. The van der Waals surface area contributed by atoms with Crippen molar-refractivity contribution in [1.29, 1.82) is 0 Å². The number of allylic oxidation sites excluding steroid dienone is 1. The van der Waals surface area contributed by atoms with E-state index in [4.69, 9.17) is 0 Å². The molecule has 0 spiro atoms. The Morgan fingerprint density at radius 2 is 2.09 bits per heavy atom. The number of nitrogens with zero attached hydrogens (tertiary/aromatic N) is 4. The molecule has 0 atom stereocenters. The third kappa shape index (κ3) is 3.68. The van der Waals surface area contributed by atoms with E-state index < -0.39 is 5.41 Å². The van der Waals surface area contributed by atoms with Crippen molar-refractivity contribution < 1.29 is 9.59 Å². The average Bonchev–Trinajstić information content (AvgIpc) is 3.28. The van der Waals surface area contributed by atoms with E-state index in [1.165, 1.54) is 6.08 Å². The first-order valence-electron chi connectivity index (χ1n) is 10.8. The first kappa shape index (κ1) is 20.1. The number of amides is 1. The second-order valence-electron chi connectivity index (χ2n) is 8.36. The number of hydrogen-bond acceptors (Lipinski definition) is 5. The lowest BCUT2D eigenvalue weighted by Gasteiger charge is -2.13. The van der Waals surface area contributed by atoms with Crippen LogP contribution in [0, 0.1) is 5.41 Å². The molecule has 4 heterocycles. The highest BCUT2D eigenvalue weighted by atomic mass is 16.2. The third-order valence-electron chi connectivity index (χ3n) is 6.17. The Hall–Kier alpha value is -3.81. The van der Waals surface area contributed by atoms with Gasteiger partial charge in [0, 0.05) is 42.0 Å². The molecule has 0 aromatic carbocycles. The Morgan fingerprint density at radius 3 is 2.91 bits per heavy atom. The molecule has 8 heteroatoms. The fraction of sp³-hybridized carbons (Fsp3) is 0.292. The van der Waals surface area contributed by atoms with E-state index in [-0.39, 0.29) is 18.1 Å². The number of aromatic amines is 1. The minimum Gasteiger partial charge on any atom is -0.356 e. The number of pyridine rings is 1. The van der Waals surface area contributed by atoms with E-state index in [0.717, 1.165) is 59.1 Å². The van der Waals surface area contributed by atoms with Crippen molar-refractivity contribution in [3.63, 3.8) is 0 Å². The summed E-state index contributed by atoms with van der Waals surface area (Å²) < 4.78 is 1.62. The summed E-state index contributed by atoms with van der Waals surface area (Å²) in [5, 5.41) is 12.6. The van der Waals surface area contributed by atoms with Gasteiger partial charge in [0.1, 0.15) is 5.65 Å². The number of nitrogens with one attached hydrogen (secondary N) is 2. The lowest BCUT2D eigenvalue weighted by molar-refractivity contribution is -0.129. The minimum atomic E-state index is -0.506. The molecule has 0 aliphatic heterocycles. The summed E-state index contributed by atoms with van der Waals surface area (Å²) in [5.74, 6) is -0.0870. The standard InChI is InChI=1S/C24H24N6O2/c1-2-17(31)14-24(8-9-24)23(32)26-10-3-5-16-13-19-18(7-12-25-22(19)29-16)20-15-28-30-21(20)6-4-11-27-30/h2,4,6-7,11-13,15H,1,3,5,8-10,14H2,(H,25,29)(H,26,32). The zero-order valence-electron chi connectivity index (χ0n) is 17.7. The van der Waals surface area contributed by atoms with Crippen molar-refractivity contribution >= 4 is 28.2 Å². The molecule has 1 saturated carbocycles. The van der Waals surface area contributed by atoms with Crippen molar-refractivity contribution in [2.45, 2.75) is 32.1 Å². The summed E-state index contributed by atoms with van der Waals surface area (Å²) in [6.45, 7) is 4.07. The molecular formula is C24H24N6O2. The van der Waals surface area contributed by atoms with Crippen LogP contribution >= 0.6 is 0 Å². The molecule has 162 valence electrons. The molecule has 1 aliphatic carbocycles. The first-order chi connectivity index (χ1) is 15.6. The van der Waals surface area contributed by atoms with Crippen LogP contribution in [0.4, 0.5) is 0 Å². The maximum absolute atomic E-state index is 12.5. The zero-order valence-corrected chi connectivity index (χ0v) is 17.7. The van der Waals surface area contributed by atoms with Crippen LogP contribution in [-0.2, 0) is 16.0 Å². The van der Waals surface area contributed by atoms with Crippen molar-refractivity contribution in [1.82, 2.24) is 30.1 Å². The Kier molecular flexibility index (Phi) is 5.05. The molecule has 0 unspecified atom stereocenters. The Bertz CT molecular complexity index is 1330. The van der Waals surface area contributed by atoms with E-state index >= 15 is 0 Å². The quantitative estimate of drug-likeness (QED) is 0.315. The molecule has 32 heavy (non-hydrogen) atoms. The summed E-state index contributed by atoms with van der Waals surface area (Å²) in [7, 11) is 0. The molecular weight excluding hydrogens is 404 g/mol. The molecule has 0 radical (unpaired) electrons. The normalized spacial score (nSPS) is 14.5. The highest BCUT2D eigenvalue weighted by Gasteiger charge is 2.50. The van der Waals surface area contributed by atoms with E-state index in [9.17, 15) is 9.59 Å². The summed E-state index contributed by atoms with van der Waals surface area (Å²) in [6.07, 6.45) is 10.0. The van der Waals surface area contributed by atoms with Gasteiger partial charge in [0.15, 0.2) is 5.78 Å². The van der Waals surface area contributed by atoms with Gasteiger partial charge in [-0.1, -0.05) is 6.58 Å². The third-order valence-corrected chi connectivity index (χ3v) is 6.17. The Balaban J connectivity index is 1.26. The molecule has 4 aromatic rings. The number of aromatic nitrogens is 5. The van der Waals surface area contributed by atoms with Crippen LogP contribution < -0.4 is 5.32 Å². The molecule has 4 aromatic heterocycles. The van der Waals surface area contributed by atoms with Crippen LogP contribution in [0.1, 0.15) is 31.4 Å². The van der Waals surface area contributed by atoms with Crippen molar-refractivity contribution in [3.8, 4) is 11.1 Å². The van der Waals surface area contributed by atoms with Gasteiger partial charge in [-0.2, -0.15) is 14.8 Å². The van der Waals surface area contributed by atoms with Crippen molar-refractivity contribution in [3.05, 3.63) is 61.2 Å². The first-order valence-corrected chi connectivity index (χ1v) is 10.8. The second-order valence-corrected chi connectivity index (χ2v) is 8.36. The zero-order chi connectivity index (χ0) is 22.1. The number of aryl methyl sites for hydroxylation is 1. The number of carbonyl (C=O) groups excluding carboxylic acids is 2. The maximum Gasteiger partial charge on any atom is 0.226 e. The van der Waals surface area contributed by atoms with E-state index in [2.05, 4.69) is 38.1 Å². The van der Waals surface area contributed by atoms with E-state index in [1.807, 2.05) is 24.4 Å². The van der Waals surface area contributed by atoms with Crippen LogP contribution in [0.15, 0.2) is 55.5 Å². The Labute approximate surface area is 184 Å². The Morgan fingerprint density at radius 1 is 1.22 bits per heavy atom. The molecule has 8 nitrogen and oxygen atoms in total. The predicted molar refractivity (Wildman–Crippen MR) is 121 cm³/mol. The molecule has 2 N–H and O–H groups in total. The van der Waals surface area contributed by atoms with Gasteiger partial charge in [0.2, 0.25) is 5.91 Å². The van der Waals surface area contributed by atoms with Gasteiger partial charge in [-0.25, -0.2) is 4.98 Å². The number of H-pyrrole nitrogens is 1. The average molecular weight is 428 g/mol. The van der Waals surface area contributed by atoms with E-state index in [0.29, 0.717) is 6.54 Å². The molecule has 1 fully saturated rings. The number of hydrogen-bond donors (Lipinski definition) is 2. The number of fused-ring (bicyclic) bond motifs is 2. The van der Waals surface area contributed by atoms with Gasteiger partial charge < -0.3 is 10.3 Å². The number of ketones is 1. The molecule has 1 aliphatic rings. The predicted octanol–water partition coefficient (Wildman–Crippen LogP) is 3.25. The maximum atomic E-state index is 12.5. The summed E-state index contributed by atoms with van der Waals surface area (Å²) >= 11 is 0. The summed E-state index contributed by atoms with van der Waals surface area (Å²) in [5.41, 5.74) is 4.38. The monoisotopic (exact) mass is 428 g/mol. The van der Waals surface area contributed by atoms with E-state index in [1.54, 1.807) is 17.0 Å². The number of rotatable bonds is 9. The largest absolute Gasteiger partial charge is 0.356 e. The van der Waals surface area contributed by atoms with Crippen LogP contribution in [0.2, 0.25) is 0 Å². The van der Waals surface area contributed by atoms with Crippen LogP contribution in [0.5, 0.6) is 0 Å². The lowest BCUT2D eigenvalue weighted by atomic mass is 9.98. The smallest absolute Gasteiger partial charge is 0.226 e. The van der Waals surface area contributed by atoms with Gasteiger partial charge in [0.05, 0.1) is 17.1 Å². The highest BCUT2D eigenvalue weighted by molar-refractivity contribution is 5.98. The fourth-order valence-corrected chi connectivity index (χ4v) is 4.20. The number of carbonyl (C=O) groups is 2. The van der Waals surface area contributed by atoms with Crippen LogP contribution in [0.3, 0.4) is 0 Å². The van der Waals surface area contributed by atoms with Crippen molar-refractivity contribution in [2.24, 2.45) is 5.41 Å².